The first-order chi connectivity index (χ1) is 13.0. The molecule has 8 heteroatoms. The smallest absolute Gasteiger partial charge is 0.214 e. The van der Waals surface area contributed by atoms with E-state index in [0.29, 0.717) is 22.3 Å². The van der Waals surface area contributed by atoms with Crippen LogP contribution in [0.2, 0.25) is 0 Å². The Morgan fingerprint density at radius 2 is 1.32 bits per heavy atom. The number of benzene rings is 2. The molecule has 0 radical (unpaired) electrons. The van der Waals surface area contributed by atoms with E-state index in [0.717, 1.165) is 37.1 Å². The van der Waals surface area contributed by atoms with Gasteiger partial charge in [0.1, 0.15) is 0 Å². The summed E-state index contributed by atoms with van der Waals surface area (Å²) in [6.07, 6.45) is 5.64. The second-order valence-electron chi connectivity index (χ2n) is 6.95. The van der Waals surface area contributed by atoms with Gasteiger partial charge in [-0.25, -0.2) is 17.2 Å². The normalized spacial score (nSPS) is 18.2. The predicted octanol–water partition coefficient (Wildman–Crippen LogP) is 5.52. The number of halogens is 5. The highest BCUT2D eigenvalue weighted by atomic mass is 32.2. The summed E-state index contributed by atoms with van der Waals surface area (Å²) in [5.41, 5.74) is -3.33. The van der Waals surface area contributed by atoms with Crippen LogP contribution in [0.15, 0.2) is 59.5 Å². The third kappa shape index (κ3) is 3.05. The Hall–Kier alpha value is -2.48. The van der Waals surface area contributed by atoms with E-state index in [1.807, 2.05) is 12.2 Å². The van der Waals surface area contributed by atoms with Gasteiger partial charge in [0, 0.05) is 5.41 Å². The van der Waals surface area contributed by atoms with E-state index in [2.05, 4.69) is 0 Å². The molecule has 0 unspecified atom stereocenters. The number of alkyl halides is 3. The van der Waals surface area contributed by atoms with E-state index in [4.69, 9.17) is 0 Å². The molecule has 0 atom stereocenters. The number of sulfone groups is 1. The first-order valence-corrected chi connectivity index (χ1v) is 9.84. The van der Waals surface area contributed by atoms with Gasteiger partial charge in [0.25, 0.3) is 9.84 Å². The molecular formula is C20H13F5O2S. The van der Waals surface area contributed by atoms with Crippen molar-refractivity contribution in [1.82, 2.24) is 0 Å². The van der Waals surface area contributed by atoms with Crippen LogP contribution in [0.3, 0.4) is 0 Å². The highest BCUT2D eigenvalue weighted by molar-refractivity contribution is 7.92. The highest BCUT2D eigenvalue weighted by Crippen LogP contribution is 2.57. The van der Waals surface area contributed by atoms with Crippen molar-refractivity contribution in [3.05, 3.63) is 77.4 Å². The van der Waals surface area contributed by atoms with E-state index >= 15 is 0 Å². The van der Waals surface area contributed by atoms with Crippen molar-refractivity contribution >= 4 is 21.0 Å². The van der Waals surface area contributed by atoms with Gasteiger partial charge in [0.2, 0.25) is 0 Å². The predicted molar refractivity (Wildman–Crippen MR) is 93.7 cm³/mol. The molecule has 2 aromatic rings. The second kappa shape index (κ2) is 6.01. The molecule has 0 bridgehead atoms. The molecule has 2 aromatic carbocycles. The Bertz CT molecular complexity index is 1120. The zero-order valence-corrected chi connectivity index (χ0v) is 15.0. The maximum absolute atomic E-state index is 13.7. The zero-order valence-electron chi connectivity index (χ0n) is 14.2. The van der Waals surface area contributed by atoms with E-state index < -0.39 is 31.9 Å². The topological polar surface area (TPSA) is 34.1 Å². The van der Waals surface area contributed by atoms with Gasteiger partial charge < -0.3 is 0 Å². The first kappa shape index (κ1) is 18.9. The lowest BCUT2D eigenvalue weighted by atomic mass is 9.95. The standard InChI is InChI=1S/C20H13F5O2S/c21-17-6-3-13(9-18(17)22)16-11-19(7-8-19)10-15(16)12-1-4-14(5-2-12)28(26,27)20(23,24)25/h1-6,9-11H,7-8H2. The van der Waals surface area contributed by atoms with Crippen LogP contribution in [-0.4, -0.2) is 13.9 Å². The molecule has 1 saturated carbocycles. The van der Waals surface area contributed by atoms with Crippen molar-refractivity contribution in [2.75, 3.05) is 0 Å². The van der Waals surface area contributed by atoms with Crippen LogP contribution in [0.5, 0.6) is 0 Å². The maximum Gasteiger partial charge on any atom is 0.501 e. The van der Waals surface area contributed by atoms with Gasteiger partial charge in [-0.2, -0.15) is 13.2 Å². The van der Waals surface area contributed by atoms with Crippen LogP contribution in [0, 0.1) is 17.0 Å². The number of allylic oxidation sites excluding steroid dienone is 4. The van der Waals surface area contributed by atoms with E-state index in [9.17, 15) is 30.4 Å². The Balaban J connectivity index is 1.74. The van der Waals surface area contributed by atoms with Gasteiger partial charge in [-0.3, -0.25) is 0 Å². The molecule has 0 heterocycles. The average Bonchev–Trinajstić information content (AvgIpc) is 3.27. The minimum atomic E-state index is -5.43. The van der Waals surface area contributed by atoms with Crippen molar-refractivity contribution in [1.29, 1.82) is 0 Å². The molecule has 2 aliphatic carbocycles. The Kier molecular flexibility index (Phi) is 4.05. The third-order valence-electron chi connectivity index (χ3n) is 4.99. The summed E-state index contributed by atoms with van der Waals surface area (Å²) in [6, 6.07) is 7.90. The van der Waals surface area contributed by atoms with Crippen molar-refractivity contribution in [3.63, 3.8) is 0 Å². The molecule has 0 aliphatic heterocycles. The molecule has 0 N–H and O–H groups in total. The quantitative estimate of drug-likeness (QED) is 0.622. The molecule has 1 fully saturated rings. The monoisotopic (exact) mass is 412 g/mol. The lowest BCUT2D eigenvalue weighted by Crippen LogP contribution is -2.23. The van der Waals surface area contributed by atoms with E-state index in [1.54, 1.807) is 0 Å². The van der Waals surface area contributed by atoms with Gasteiger partial charge in [0.05, 0.1) is 4.90 Å². The van der Waals surface area contributed by atoms with Gasteiger partial charge in [-0.15, -0.1) is 0 Å². The number of hydrogen-bond donors (Lipinski definition) is 0. The van der Waals surface area contributed by atoms with Gasteiger partial charge in [-0.1, -0.05) is 30.4 Å². The van der Waals surface area contributed by atoms with Crippen molar-refractivity contribution in [2.24, 2.45) is 5.41 Å². The molecule has 146 valence electrons. The van der Waals surface area contributed by atoms with Crippen LogP contribution < -0.4 is 0 Å². The third-order valence-corrected chi connectivity index (χ3v) is 6.49. The highest BCUT2D eigenvalue weighted by Gasteiger charge is 2.47. The Labute approximate surface area is 157 Å². The van der Waals surface area contributed by atoms with Crippen LogP contribution in [-0.2, 0) is 9.84 Å². The van der Waals surface area contributed by atoms with Crippen molar-refractivity contribution in [2.45, 2.75) is 23.2 Å². The van der Waals surface area contributed by atoms with Gasteiger partial charge in [-0.05, 0) is 59.4 Å². The Morgan fingerprint density at radius 1 is 0.786 bits per heavy atom. The SMILES string of the molecule is O=S(=O)(c1ccc(C2=CC3(C=C2c2ccc(F)c(F)c2)CC3)cc1)C(F)(F)F. The summed E-state index contributed by atoms with van der Waals surface area (Å²) < 4.78 is 88.1. The molecule has 0 saturated heterocycles. The minimum absolute atomic E-state index is 0.188. The summed E-state index contributed by atoms with van der Waals surface area (Å²) >= 11 is 0. The maximum atomic E-state index is 13.7. The molecule has 4 rings (SSSR count). The van der Waals surface area contributed by atoms with E-state index in [-0.39, 0.29) is 5.41 Å². The molecule has 0 amide bonds. The minimum Gasteiger partial charge on any atom is -0.214 e. The fraction of sp³-hybridized carbons (Fsp3) is 0.200. The van der Waals surface area contributed by atoms with Crippen LogP contribution in [0.25, 0.3) is 11.1 Å². The summed E-state index contributed by atoms with van der Waals surface area (Å²) in [6.45, 7) is 0. The molecule has 28 heavy (non-hydrogen) atoms. The van der Waals surface area contributed by atoms with E-state index in [1.165, 1.54) is 18.2 Å². The summed E-state index contributed by atoms with van der Waals surface area (Å²) in [4.78, 5) is -0.846. The molecule has 2 nitrogen and oxygen atoms in total. The lowest BCUT2D eigenvalue weighted by molar-refractivity contribution is -0.0436. The first-order valence-electron chi connectivity index (χ1n) is 8.36. The van der Waals surface area contributed by atoms with Crippen LogP contribution in [0.4, 0.5) is 22.0 Å². The van der Waals surface area contributed by atoms with Crippen molar-refractivity contribution in [3.8, 4) is 0 Å². The van der Waals surface area contributed by atoms with Crippen molar-refractivity contribution < 1.29 is 30.4 Å². The van der Waals surface area contributed by atoms with Crippen LogP contribution >= 0.6 is 0 Å². The fourth-order valence-electron chi connectivity index (χ4n) is 3.29. The number of hydrogen-bond acceptors (Lipinski definition) is 2. The fourth-order valence-corrected chi connectivity index (χ4v) is 4.06. The van der Waals surface area contributed by atoms with Crippen LogP contribution in [0.1, 0.15) is 24.0 Å². The zero-order chi connectivity index (χ0) is 20.3. The lowest BCUT2D eigenvalue weighted by Gasteiger charge is -2.12. The van der Waals surface area contributed by atoms with Gasteiger partial charge in [0.15, 0.2) is 11.6 Å². The average molecular weight is 412 g/mol. The summed E-state index contributed by atoms with van der Waals surface area (Å²) in [5.74, 6) is -1.98. The largest absolute Gasteiger partial charge is 0.501 e. The molecule has 0 aromatic heterocycles. The second-order valence-corrected chi connectivity index (χ2v) is 8.89. The summed E-state index contributed by atoms with van der Waals surface area (Å²) in [5, 5.41) is 0. The molecule has 1 spiro atoms. The summed E-state index contributed by atoms with van der Waals surface area (Å²) in [7, 11) is -5.43. The molecule has 2 aliphatic rings. The van der Waals surface area contributed by atoms with Gasteiger partial charge >= 0.3 is 5.51 Å². The molecular weight excluding hydrogens is 399 g/mol. The number of rotatable bonds is 3. The Morgan fingerprint density at radius 3 is 1.82 bits per heavy atom.